The van der Waals surface area contributed by atoms with E-state index in [-0.39, 0.29) is 11.4 Å². The molecule has 1 aromatic carbocycles. The standard InChI is InChI=1S/C10H6N4O2/c11-7-8-5-6-13(12-8)9-3-1-2-4-10(9)14(15)16/h1-6H. The largest absolute Gasteiger partial charge is 0.294 e. The number of hydrogen-bond donors (Lipinski definition) is 0. The van der Waals surface area contributed by atoms with Crippen molar-refractivity contribution in [1.29, 1.82) is 5.26 Å². The zero-order valence-electron chi connectivity index (χ0n) is 8.07. The van der Waals surface area contributed by atoms with Crippen molar-refractivity contribution in [3.8, 4) is 11.8 Å². The van der Waals surface area contributed by atoms with Gasteiger partial charge in [0, 0.05) is 12.3 Å². The van der Waals surface area contributed by atoms with Crippen LogP contribution in [0.3, 0.4) is 0 Å². The Morgan fingerprint density at radius 2 is 2.12 bits per heavy atom. The molecule has 0 spiro atoms. The fraction of sp³-hybridized carbons (Fsp3) is 0. The van der Waals surface area contributed by atoms with Crippen LogP contribution < -0.4 is 0 Å². The smallest absolute Gasteiger partial charge is 0.258 e. The second-order valence-corrected chi connectivity index (χ2v) is 3.00. The third kappa shape index (κ3) is 1.62. The van der Waals surface area contributed by atoms with Gasteiger partial charge in [-0.15, -0.1) is 0 Å². The van der Waals surface area contributed by atoms with Crippen molar-refractivity contribution in [3.05, 3.63) is 52.3 Å². The first-order chi connectivity index (χ1) is 7.72. The molecule has 6 heteroatoms. The van der Waals surface area contributed by atoms with E-state index in [4.69, 9.17) is 5.26 Å². The van der Waals surface area contributed by atoms with Gasteiger partial charge in [0.1, 0.15) is 11.8 Å². The molecule has 0 amide bonds. The summed E-state index contributed by atoms with van der Waals surface area (Å²) in [6.45, 7) is 0. The van der Waals surface area contributed by atoms with Gasteiger partial charge in [-0.3, -0.25) is 10.1 Å². The van der Waals surface area contributed by atoms with E-state index in [1.165, 1.54) is 23.0 Å². The van der Waals surface area contributed by atoms with E-state index in [0.717, 1.165) is 0 Å². The molecule has 0 N–H and O–H groups in total. The monoisotopic (exact) mass is 214 g/mol. The average molecular weight is 214 g/mol. The van der Waals surface area contributed by atoms with Gasteiger partial charge in [-0.2, -0.15) is 10.4 Å². The minimum Gasteiger partial charge on any atom is -0.258 e. The van der Waals surface area contributed by atoms with Crippen molar-refractivity contribution in [2.24, 2.45) is 0 Å². The van der Waals surface area contributed by atoms with Crippen LogP contribution in [0.4, 0.5) is 5.69 Å². The Bertz CT molecular complexity index is 583. The van der Waals surface area contributed by atoms with Crippen LogP contribution in [-0.2, 0) is 0 Å². The highest BCUT2D eigenvalue weighted by Gasteiger charge is 2.14. The van der Waals surface area contributed by atoms with Gasteiger partial charge in [-0.05, 0) is 12.1 Å². The number of nitro groups is 1. The zero-order chi connectivity index (χ0) is 11.5. The minimum absolute atomic E-state index is 0.0462. The first kappa shape index (κ1) is 9.86. The van der Waals surface area contributed by atoms with Crippen LogP contribution in [0, 0.1) is 21.4 Å². The molecule has 0 aliphatic heterocycles. The molecule has 2 aromatic rings. The molecule has 1 aromatic heterocycles. The second kappa shape index (κ2) is 3.82. The highest BCUT2D eigenvalue weighted by atomic mass is 16.6. The molecule has 0 unspecified atom stereocenters. The van der Waals surface area contributed by atoms with Gasteiger partial charge in [-0.25, -0.2) is 4.68 Å². The lowest BCUT2D eigenvalue weighted by Gasteiger charge is -2.01. The van der Waals surface area contributed by atoms with Crippen molar-refractivity contribution >= 4 is 5.69 Å². The molecule has 0 aliphatic rings. The third-order valence-corrected chi connectivity index (χ3v) is 2.03. The first-order valence-electron chi connectivity index (χ1n) is 4.42. The van der Waals surface area contributed by atoms with Crippen molar-refractivity contribution in [1.82, 2.24) is 9.78 Å². The maximum Gasteiger partial charge on any atom is 0.294 e. The number of rotatable bonds is 2. The van der Waals surface area contributed by atoms with Crippen LogP contribution in [-0.4, -0.2) is 14.7 Å². The van der Waals surface area contributed by atoms with E-state index in [1.807, 2.05) is 6.07 Å². The average Bonchev–Trinajstić information content (AvgIpc) is 2.77. The summed E-state index contributed by atoms with van der Waals surface area (Å²) in [5.41, 5.74) is 0.516. The van der Waals surface area contributed by atoms with Crippen LogP contribution in [0.5, 0.6) is 0 Å². The van der Waals surface area contributed by atoms with Crippen LogP contribution in [0.15, 0.2) is 36.5 Å². The number of nitro benzene ring substituents is 1. The Morgan fingerprint density at radius 3 is 2.75 bits per heavy atom. The number of para-hydroxylation sites is 2. The Kier molecular flexibility index (Phi) is 2.36. The molecule has 6 nitrogen and oxygen atoms in total. The summed E-state index contributed by atoms with van der Waals surface area (Å²) in [5, 5.41) is 23.3. The fourth-order valence-corrected chi connectivity index (χ4v) is 1.33. The van der Waals surface area contributed by atoms with Gasteiger partial charge in [0.05, 0.1) is 4.92 Å². The van der Waals surface area contributed by atoms with Crippen molar-refractivity contribution < 1.29 is 4.92 Å². The van der Waals surface area contributed by atoms with Gasteiger partial charge in [0.15, 0.2) is 5.69 Å². The molecule has 1 heterocycles. The molecule has 2 rings (SSSR count). The summed E-state index contributed by atoms with van der Waals surface area (Å²) >= 11 is 0. The minimum atomic E-state index is -0.483. The Morgan fingerprint density at radius 1 is 1.38 bits per heavy atom. The molecule has 0 atom stereocenters. The Labute approximate surface area is 90.5 Å². The number of aromatic nitrogens is 2. The van der Waals surface area contributed by atoms with Gasteiger partial charge in [0.2, 0.25) is 0 Å². The second-order valence-electron chi connectivity index (χ2n) is 3.00. The predicted molar refractivity (Wildman–Crippen MR) is 54.9 cm³/mol. The molecule has 0 fully saturated rings. The van der Waals surface area contributed by atoms with Crippen LogP contribution in [0.2, 0.25) is 0 Å². The maximum atomic E-state index is 10.8. The number of hydrogen-bond acceptors (Lipinski definition) is 4. The van der Waals surface area contributed by atoms with E-state index in [1.54, 1.807) is 18.2 Å². The Hall–Kier alpha value is -2.68. The van der Waals surface area contributed by atoms with Crippen molar-refractivity contribution in [2.75, 3.05) is 0 Å². The number of benzene rings is 1. The SMILES string of the molecule is N#Cc1ccn(-c2ccccc2[N+](=O)[O-])n1. The molecule has 0 saturated carbocycles. The van der Waals surface area contributed by atoms with E-state index in [9.17, 15) is 10.1 Å². The molecule has 0 saturated heterocycles. The molecule has 0 bridgehead atoms. The number of nitrogens with zero attached hydrogens (tertiary/aromatic N) is 4. The molecular formula is C10H6N4O2. The lowest BCUT2D eigenvalue weighted by atomic mass is 10.3. The summed E-state index contributed by atoms with van der Waals surface area (Å²) in [6.07, 6.45) is 1.51. The topological polar surface area (TPSA) is 84.8 Å². The summed E-state index contributed by atoms with van der Waals surface area (Å²) in [6, 6.07) is 9.58. The van der Waals surface area contributed by atoms with E-state index >= 15 is 0 Å². The summed E-state index contributed by atoms with van der Waals surface area (Å²) < 4.78 is 1.32. The van der Waals surface area contributed by atoms with Crippen LogP contribution in [0.25, 0.3) is 5.69 Å². The van der Waals surface area contributed by atoms with Gasteiger partial charge >= 0.3 is 0 Å². The van der Waals surface area contributed by atoms with E-state index < -0.39 is 4.92 Å². The zero-order valence-corrected chi connectivity index (χ0v) is 8.07. The predicted octanol–water partition coefficient (Wildman–Crippen LogP) is 1.65. The van der Waals surface area contributed by atoms with Crippen LogP contribution in [0.1, 0.15) is 5.69 Å². The summed E-state index contributed by atoms with van der Waals surface area (Å²) in [4.78, 5) is 10.3. The third-order valence-electron chi connectivity index (χ3n) is 2.03. The van der Waals surface area contributed by atoms with Gasteiger partial charge in [-0.1, -0.05) is 12.1 Å². The molecule has 0 radical (unpaired) electrons. The highest BCUT2D eigenvalue weighted by Crippen LogP contribution is 2.21. The van der Waals surface area contributed by atoms with Crippen molar-refractivity contribution in [3.63, 3.8) is 0 Å². The maximum absolute atomic E-state index is 10.8. The summed E-state index contributed by atoms with van der Waals surface area (Å²) in [7, 11) is 0. The highest BCUT2D eigenvalue weighted by molar-refractivity contribution is 5.51. The molecule has 16 heavy (non-hydrogen) atoms. The lowest BCUT2D eigenvalue weighted by molar-refractivity contribution is -0.384. The summed E-state index contributed by atoms with van der Waals surface area (Å²) in [5.74, 6) is 0. The number of nitriles is 1. The molecule has 78 valence electrons. The van der Waals surface area contributed by atoms with Crippen LogP contribution >= 0.6 is 0 Å². The van der Waals surface area contributed by atoms with E-state index in [0.29, 0.717) is 5.69 Å². The first-order valence-corrected chi connectivity index (χ1v) is 4.42. The quantitative estimate of drug-likeness (QED) is 0.562. The lowest BCUT2D eigenvalue weighted by Crippen LogP contribution is -2.00. The van der Waals surface area contributed by atoms with E-state index in [2.05, 4.69) is 5.10 Å². The van der Waals surface area contributed by atoms with Gasteiger partial charge in [0.25, 0.3) is 5.69 Å². The Balaban J connectivity index is 2.56. The van der Waals surface area contributed by atoms with Gasteiger partial charge < -0.3 is 0 Å². The molecular weight excluding hydrogens is 208 g/mol. The molecule has 0 aliphatic carbocycles. The normalized spacial score (nSPS) is 9.69. The fourth-order valence-electron chi connectivity index (χ4n) is 1.33. The van der Waals surface area contributed by atoms with Crippen molar-refractivity contribution in [2.45, 2.75) is 0 Å².